The summed E-state index contributed by atoms with van der Waals surface area (Å²) >= 11 is 0. The van der Waals surface area contributed by atoms with E-state index >= 15 is 0 Å². The highest BCUT2D eigenvalue weighted by atomic mass is 16.5. The average Bonchev–Trinajstić information content (AvgIpc) is 2.49. The summed E-state index contributed by atoms with van der Waals surface area (Å²) in [6, 6.07) is 1.65. The summed E-state index contributed by atoms with van der Waals surface area (Å²) < 4.78 is 4.91. The van der Waals surface area contributed by atoms with E-state index in [1.807, 2.05) is 6.92 Å². The smallest absolute Gasteiger partial charge is 0.355 e. The predicted octanol–water partition coefficient (Wildman–Crippen LogP) is 1.34. The Hall–Kier alpha value is -1.78. The average molecular weight is 211 g/mol. The largest absolute Gasteiger partial charge is 0.481 e. The van der Waals surface area contributed by atoms with Crippen LogP contribution in [0, 0.1) is 6.92 Å². The van der Waals surface area contributed by atoms with E-state index < -0.39 is 18.0 Å². The van der Waals surface area contributed by atoms with Crippen molar-refractivity contribution in [3.63, 3.8) is 0 Å². The van der Waals surface area contributed by atoms with Crippen LogP contribution in [0.15, 0.2) is 12.3 Å². The van der Waals surface area contributed by atoms with Crippen molar-refractivity contribution in [3.05, 3.63) is 23.5 Å². The van der Waals surface area contributed by atoms with Crippen LogP contribution >= 0.6 is 0 Å². The number of carboxylic acid groups (broad SMARTS) is 1. The van der Waals surface area contributed by atoms with Gasteiger partial charge in [-0.05, 0) is 25.5 Å². The number of nitrogens with one attached hydrogen (secondary N) is 1. The first-order valence-electron chi connectivity index (χ1n) is 4.57. The van der Waals surface area contributed by atoms with Crippen molar-refractivity contribution in [2.45, 2.75) is 26.4 Å². The molecule has 1 aromatic heterocycles. The predicted molar refractivity (Wildman–Crippen MR) is 52.7 cm³/mol. The summed E-state index contributed by atoms with van der Waals surface area (Å²) in [4.78, 5) is 24.5. The zero-order valence-electron chi connectivity index (χ0n) is 8.61. The molecule has 1 atom stereocenters. The lowest BCUT2D eigenvalue weighted by atomic mass is 10.3. The number of rotatable bonds is 4. The summed E-state index contributed by atoms with van der Waals surface area (Å²) in [6.07, 6.45) is 0.864. The lowest BCUT2D eigenvalue weighted by Crippen LogP contribution is -2.18. The topological polar surface area (TPSA) is 79.4 Å². The Kier molecular flexibility index (Phi) is 3.49. The lowest BCUT2D eigenvalue weighted by Gasteiger charge is -2.09. The molecule has 0 radical (unpaired) electrons. The van der Waals surface area contributed by atoms with Crippen LogP contribution in [0.2, 0.25) is 0 Å². The molecule has 0 unspecified atom stereocenters. The van der Waals surface area contributed by atoms with Gasteiger partial charge in [0.25, 0.3) is 0 Å². The molecule has 82 valence electrons. The van der Waals surface area contributed by atoms with Crippen molar-refractivity contribution in [1.82, 2.24) is 4.98 Å². The maximum atomic E-state index is 11.4. The molecule has 2 N–H and O–H groups in total. The van der Waals surface area contributed by atoms with Crippen LogP contribution < -0.4 is 0 Å². The fraction of sp³-hybridized carbons (Fsp3) is 0.400. The van der Waals surface area contributed by atoms with Crippen molar-refractivity contribution in [2.24, 2.45) is 0 Å². The molecule has 0 aliphatic carbocycles. The third-order valence-electron chi connectivity index (χ3n) is 1.82. The molecule has 1 aromatic rings. The first-order chi connectivity index (χ1) is 6.99. The maximum Gasteiger partial charge on any atom is 0.355 e. The number of esters is 1. The van der Waals surface area contributed by atoms with E-state index in [1.165, 1.54) is 0 Å². The minimum atomic E-state index is -0.988. The molecule has 5 nitrogen and oxygen atoms in total. The van der Waals surface area contributed by atoms with Gasteiger partial charge in [0.1, 0.15) is 11.8 Å². The van der Waals surface area contributed by atoms with E-state index in [1.54, 1.807) is 19.2 Å². The van der Waals surface area contributed by atoms with Gasteiger partial charge < -0.3 is 14.8 Å². The van der Waals surface area contributed by atoms with Crippen molar-refractivity contribution < 1.29 is 19.4 Å². The zero-order chi connectivity index (χ0) is 11.4. The highest BCUT2D eigenvalue weighted by Gasteiger charge is 2.15. The SMILES string of the molecule is Cc1c[nH]c(C(=O)O[C@H](C)CC(=O)O)c1. The Labute approximate surface area is 87.1 Å². The number of H-pyrrole nitrogens is 1. The molecule has 0 spiro atoms. The second kappa shape index (κ2) is 4.63. The van der Waals surface area contributed by atoms with Crippen LogP contribution in [0.4, 0.5) is 0 Å². The normalized spacial score (nSPS) is 12.1. The van der Waals surface area contributed by atoms with Crippen LogP contribution in [-0.2, 0) is 9.53 Å². The summed E-state index contributed by atoms with van der Waals surface area (Å²) in [5, 5.41) is 8.47. The van der Waals surface area contributed by atoms with Crippen LogP contribution in [-0.4, -0.2) is 28.1 Å². The number of carbonyl (C=O) groups is 2. The van der Waals surface area contributed by atoms with Gasteiger partial charge in [-0.2, -0.15) is 0 Å². The van der Waals surface area contributed by atoms with Gasteiger partial charge in [-0.3, -0.25) is 4.79 Å². The molecule has 0 aliphatic heterocycles. The van der Waals surface area contributed by atoms with Crippen LogP contribution in [0.3, 0.4) is 0 Å². The number of carbonyl (C=O) groups excluding carboxylic acids is 1. The number of aryl methyl sites for hydroxylation is 1. The van der Waals surface area contributed by atoms with Crippen molar-refractivity contribution >= 4 is 11.9 Å². The molecule has 0 aliphatic rings. The van der Waals surface area contributed by atoms with E-state index in [0.717, 1.165) is 5.56 Å². The summed E-state index contributed by atoms with van der Waals surface area (Å²) in [5.41, 5.74) is 1.26. The monoisotopic (exact) mass is 211 g/mol. The standard InChI is InChI=1S/C10H13NO4/c1-6-3-8(11-5-6)10(14)15-7(2)4-9(12)13/h3,5,7,11H,4H2,1-2H3,(H,12,13)/t7-/m1/s1. The first kappa shape index (κ1) is 11.3. The van der Waals surface area contributed by atoms with E-state index in [4.69, 9.17) is 9.84 Å². The number of ether oxygens (including phenoxy) is 1. The third kappa shape index (κ3) is 3.46. The number of aromatic nitrogens is 1. The fourth-order valence-electron chi connectivity index (χ4n) is 1.15. The summed E-state index contributed by atoms with van der Waals surface area (Å²) in [6.45, 7) is 3.38. The number of aromatic amines is 1. The van der Waals surface area contributed by atoms with Gasteiger partial charge in [0.05, 0.1) is 6.42 Å². The molecular formula is C10H13NO4. The second-order valence-corrected chi connectivity index (χ2v) is 3.40. The number of hydrogen-bond acceptors (Lipinski definition) is 3. The van der Waals surface area contributed by atoms with E-state index in [-0.39, 0.29) is 6.42 Å². The van der Waals surface area contributed by atoms with Gasteiger partial charge in [0.2, 0.25) is 0 Å². The molecule has 15 heavy (non-hydrogen) atoms. The highest BCUT2D eigenvalue weighted by molar-refractivity contribution is 5.87. The summed E-state index contributed by atoms with van der Waals surface area (Å²) in [5.74, 6) is -1.52. The summed E-state index contributed by atoms with van der Waals surface area (Å²) in [7, 11) is 0. The van der Waals surface area contributed by atoms with E-state index in [9.17, 15) is 9.59 Å². The molecule has 1 heterocycles. The van der Waals surface area contributed by atoms with Crippen molar-refractivity contribution in [2.75, 3.05) is 0 Å². The van der Waals surface area contributed by atoms with E-state index in [2.05, 4.69) is 4.98 Å². The first-order valence-corrected chi connectivity index (χ1v) is 4.57. The van der Waals surface area contributed by atoms with Gasteiger partial charge in [0.15, 0.2) is 0 Å². The van der Waals surface area contributed by atoms with Gasteiger partial charge in [-0.25, -0.2) is 4.79 Å². The highest BCUT2D eigenvalue weighted by Crippen LogP contribution is 2.06. The molecule has 0 saturated heterocycles. The van der Waals surface area contributed by atoms with Crippen LogP contribution in [0.25, 0.3) is 0 Å². The molecule has 0 saturated carbocycles. The molecule has 0 fully saturated rings. The van der Waals surface area contributed by atoms with Gasteiger partial charge >= 0.3 is 11.9 Å². The molecule has 1 rings (SSSR count). The molecule has 0 bridgehead atoms. The zero-order valence-corrected chi connectivity index (χ0v) is 8.61. The maximum absolute atomic E-state index is 11.4. The number of aliphatic carboxylic acids is 1. The number of carboxylic acids is 1. The Balaban J connectivity index is 2.52. The lowest BCUT2D eigenvalue weighted by molar-refractivity contribution is -0.138. The quantitative estimate of drug-likeness (QED) is 0.736. The van der Waals surface area contributed by atoms with Crippen LogP contribution in [0.5, 0.6) is 0 Å². The molecule has 5 heteroatoms. The molecule has 0 amide bonds. The molecule has 0 aromatic carbocycles. The minimum Gasteiger partial charge on any atom is -0.481 e. The second-order valence-electron chi connectivity index (χ2n) is 3.40. The third-order valence-corrected chi connectivity index (χ3v) is 1.82. The van der Waals surface area contributed by atoms with Crippen LogP contribution in [0.1, 0.15) is 29.4 Å². The van der Waals surface area contributed by atoms with Gasteiger partial charge in [0, 0.05) is 6.20 Å². The Morgan fingerprint density at radius 2 is 2.27 bits per heavy atom. The number of hydrogen-bond donors (Lipinski definition) is 2. The molecular weight excluding hydrogens is 198 g/mol. The Morgan fingerprint density at radius 3 is 2.73 bits per heavy atom. The Morgan fingerprint density at radius 1 is 1.60 bits per heavy atom. The Bertz CT molecular complexity index is 369. The van der Waals surface area contributed by atoms with Gasteiger partial charge in [-0.15, -0.1) is 0 Å². The van der Waals surface area contributed by atoms with Gasteiger partial charge in [-0.1, -0.05) is 0 Å². The van der Waals surface area contributed by atoms with Crippen molar-refractivity contribution in [1.29, 1.82) is 0 Å². The minimum absolute atomic E-state index is 0.189. The van der Waals surface area contributed by atoms with E-state index in [0.29, 0.717) is 5.69 Å². The van der Waals surface area contributed by atoms with Crippen molar-refractivity contribution in [3.8, 4) is 0 Å². The fourth-order valence-corrected chi connectivity index (χ4v) is 1.15.